The van der Waals surface area contributed by atoms with E-state index in [1.807, 2.05) is 0 Å². The van der Waals surface area contributed by atoms with E-state index >= 15 is 0 Å². The lowest BCUT2D eigenvalue weighted by Crippen LogP contribution is -2.17. The molecule has 98 valence electrons. The highest BCUT2D eigenvalue weighted by molar-refractivity contribution is 5.72. The van der Waals surface area contributed by atoms with Gasteiger partial charge in [-0.05, 0) is 0 Å². The molecule has 0 aromatic heterocycles. The third kappa shape index (κ3) is 2.31. The van der Waals surface area contributed by atoms with E-state index in [2.05, 4.69) is 0 Å². The van der Waals surface area contributed by atoms with Crippen molar-refractivity contribution in [3.05, 3.63) is 37.9 Å². The SMILES string of the molecule is Nc1c([N+](=O)[O-])cc(C(F)(F)CF)cc1[N+](=O)[O-]. The Morgan fingerprint density at radius 3 is 1.83 bits per heavy atom. The summed E-state index contributed by atoms with van der Waals surface area (Å²) in [4.78, 5) is 18.8. The summed E-state index contributed by atoms with van der Waals surface area (Å²) in [7, 11) is 0. The van der Waals surface area contributed by atoms with Gasteiger partial charge in [0.1, 0.15) is 0 Å². The monoisotopic (exact) mass is 265 g/mol. The van der Waals surface area contributed by atoms with E-state index in [1.165, 1.54) is 0 Å². The molecule has 0 spiro atoms. The van der Waals surface area contributed by atoms with Crippen molar-refractivity contribution in [1.29, 1.82) is 0 Å². The highest BCUT2D eigenvalue weighted by atomic mass is 19.3. The highest BCUT2D eigenvalue weighted by Gasteiger charge is 2.37. The van der Waals surface area contributed by atoms with E-state index < -0.39 is 45.1 Å². The van der Waals surface area contributed by atoms with Gasteiger partial charge in [0.25, 0.3) is 11.4 Å². The first kappa shape index (κ1) is 13.7. The van der Waals surface area contributed by atoms with Crippen LogP contribution in [0.3, 0.4) is 0 Å². The predicted octanol–water partition coefficient (Wildman–Crippen LogP) is 2.15. The van der Waals surface area contributed by atoms with Crippen LogP contribution in [0.5, 0.6) is 0 Å². The van der Waals surface area contributed by atoms with Gasteiger partial charge >= 0.3 is 5.92 Å². The fourth-order valence-electron chi connectivity index (χ4n) is 1.21. The fourth-order valence-corrected chi connectivity index (χ4v) is 1.21. The zero-order chi connectivity index (χ0) is 14.1. The number of nitrogens with zero attached hydrogens (tertiary/aromatic N) is 2. The average Bonchev–Trinajstić information content (AvgIpc) is 2.28. The van der Waals surface area contributed by atoms with Crippen molar-refractivity contribution in [2.45, 2.75) is 5.92 Å². The van der Waals surface area contributed by atoms with E-state index in [4.69, 9.17) is 5.73 Å². The first-order valence-corrected chi connectivity index (χ1v) is 4.37. The minimum atomic E-state index is -4.05. The number of nitro benzene ring substituents is 2. The number of hydrogen-bond acceptors (Lipinski definition) is 5. The molecule has 1 aromatic rings. The Kier molecular flexibility index (Phi) is 3.39. The van der Waals surface area contributed by atoms with Gasteiger partial charge in [-0.25, -0.2) is 4.39 Å². The molecule has 0 unspecified atom stereocenters. The van der Waals surface area contributed by atoms with Crippen molar-refractivity contribution in [3.63, 3.8) is 0 Å². The number of nitro groups is 2. The number of nitrogens with two attached hydrogens (primary N) is 1. The van der Waals surface area contributed by atoms with Crippen LogP contribution in [0.4, 0.5) is 30.2 Å². The maximum atomic E-state index is 13.0. The van der Waals surface area contributed by atoms with Crippen molar-refractivity contribution in [2.75, 3.05) is 12.4 Å². The molecule has 0 saturated heterocycles. The van der Waals surface area contributed by atoms with Crippen molar-refractivity contribution >= 4 is 17.1 Å². The van der Waals surface area contributed by atoms with Crippen molar-refractivity contribution < 1.29 is 23.0 Å². The third-order valence-electron chi connectivity index (χ3n) is 2.12. The highest BCUT2D eigenvalue weighted by Crippen LogP contribution is 2.38. The molecule has 0 aliphatic rings. The van der Waals surface area contributed by atoms with Gasteiger partial charge in [0.2, 0.25) is 0 Å². The molecular formula is C8H6F3N3O4. The Hall–Kier alpha value is -2.39. The van der Waals surface area contributed by atoms with E-state index in [9.17, 15) is 33.4 Å². The number of benzene rings is 1. The summed E-state index contributed by atoms with van der Waals surface area (Å²) in [6.07, 6.45) is 0. The van der Waals surface area contributed by atoms with Crippen LogP contribution in [0.1, 0.15) is 5.56 Å². The molecule has 10 heteroatoms. The van der Waals surface area contributed by atoms with Crippen LogP contribution in [0, 0.1) is 20.2 Å². The third-order valence-corrected chi connectivity index (χ3v) is 2.12. The lowest BCUT2D eigenvalue weighted by Gasteiger charge is -2.12. The van der Waals surface area contributed by atoms with Crippen LogP contribution in [0.2, 0.25) is 0 Å². The quantitative estimate of drug-likeness (QED) is 0.509. The number of rotatable bonds is 4. The number of alkyl halides is 3. The Labute approximate surface area is 97.3 Å². The Bertz CT molecular complexity index is 485. The second-order valence-electron chi connectivity index (χ2n) is 3.28. The zero-order valence-electron chi connectivity index (χ0n) is 8.60. The molecule has 0 bridgehead atoms. The molecule has 7 nitrogen and oxygen atoms in total. The van der Waals surface area contributed by atoms with E-state index in [0.29, 0.717) is 12.1 Å². The van der Waals surface area contributed by atoms with Crippen LogP contribution >= 0.6 is 0 Å². The molecule has 0 aliphatic carbocycles. The lowest BCUT2D eigenvalue weighted by molar-refractivity contribution is -0.392. The molecule has 0 heterocycles. The van der Waals surface area contributed by atoms with Gasteiger partial charge < -0.3 is 5.73 Å². The van der Waals surface area contributed by atoms with E-state index in [1.54, 1.807) is 0 Å². The fraction of sp³-hybridized carbons (Fsp3) is 0.250. The Morgan fingerprint density at radius 1 is 1.17 bits per heavy atom. The molecule has 0 radical (unpaired) electrons. The zero-order valence-corrected chi connectivity index (χ0v) is 8.60. The minimum Gasteiger partial charge on any atom is -0.388 e. The molecule has 0 fully saturated rings. The van der Waals surface area contributed by atoms with Gasteiger partial charge in [-0.1, -0.05) is 0 Å². The van der Waals surface area contributed by atoms with Gasteiger partial charge in [-0.3, -0.25) is 20.2 Å². The van der Waals surface area contributed by atoms with Gasteiger partial charge in [0, 0.05) is 17.7 Å². The standard InChI is InChI=1S/C8H6F3N3O4/c9-3-8(10,11)4-1-5(13(15)16)7(12)6(2-4)14(17)18/h1-2H,3,12H2. The lowest BCUT2D eigenvalue weighted by atomic mass is 10.1. The molecular weight excluding hydrogens is 259 g/mol. The summed E-state index contributed by atoms with van der Waals surface area (Å²) in [6.45, 7) is -2.13. The second kappa shape index (κ2) is 4.47. The van der Waals surface area contributed by atoms with E-state index in [0.717, 1.165) is 0 Å². The van der Waals surface area contributed by atoms with Crippen molar-refractivity contribution in [2.24, 2.45) is 0 Å². The smallest absolute Gasteiger partial charge is 0.301 e. The summed E-state index contributed by atoms with van der Waals surface area (Å²) in [5, 5.41) is 21.1. The van der Waals surface area contributed by atoms with E-state index in [-0.39, 0.29) is 0 Å². The van der Waals surface area contributed by atoms with Crippen LogP contribution in [-0.4, -0.2) is 16.5 Å². The molecule has 18 heavy (non-hydrogen) atoms. The molecule has 1 aromatic carbocycles. The Morgan fingerprint density at radius 2 is 1.56 bits per heavy atom. The predicted molar refractivity (Wildman–Crippen MR) is 54.0 cm³/mol. The molecule has 0 aliphatic heterocycles. The molecule has 0 atom stereocenters. The molecule has 2 N–H and O–H groups in total. The summed E-state index contributed by atoms with van der Waals surface area (Å²) in [6, 6.07) is 0.643. The molecule has 0 saturated carbocycles. The first-order chi connectivity index (χ1) is 8.20. The molecule has 0 amide bonds. The second-order valence-corrected chi connectivity index (χ2v) is 3.28. The number of anilines is 1. The van der Waals surface area contributed by atoms with Gasteiger partial charge in [0.15, 0.2) is 12.4 Å². The van der Waals surface area contributed by atoms with Crippen LogP contribution < -0.4 is 5.73 Å². The summed E-state index contributed by atoms with van der Waals surface area (Å²) < 4.78 is 38.2. The number of hydrogen-bond donors (Lipinski definition) is 1. The Balaban J connectivity index is 3.58. The van der Waals surface area contributed by atoms with Crippen molar-refractivity contribution in [3.8, 4) is 0 Å². The normalized spacial score (nSPS) is 11.3. The summed E-state index contributed by atoms with van der Waals surface area (Å²) >= 11 is 0. The van der Waals surface area contributed by atoms with Gasteiger partial charge in [0.05, 0.1) is 9.85 Å². The van der Waals surface area contributed by atoms with Crippen molar-refractivity contribution in [1.82, 2.24) is 0 Å². The van der Waals surface area contributed by atoms with Crippen LogP contribution in [0.15, 0.2) is 12.1 Å². The first-order valence-electron chi connectivity index (χ1n) is 4.37. The maximum Gasteiger partial charge on any atom is 0.301 e. The maximum absolute atomic E-state index is 13.0. The minimum absolute atomic E-state index is 0.321. The number of nitrogen functional groups attached to an aromatic ring is 1. The topological polar surface area (TPSA) is 112 Å². The largest absolute Gasteiger partial charge is 0.388 e. The summed E-state index contributed by atoms with van der Waals surface area (Å²) in [5.41, 5.74) is 0.965. The molecule has 1 rings (SSSR count). The summed E-state index contributed by atoms with van der Waals surface area (Å²) in [5.74, 6) is -4.05. The number of halogens is 3. The van der Waals surface area contributed by atoms with Crippen LogP contribution in [0.25, 0.3) is 0 Å². The van der Waals surface area contributed by atoms with Gasteiger partial charge in [-0.15, -0.1) is 0 Å². The van der Waals surface area contributed by atoms with Gasteiger partial charge in [-0.2, -0.15) is 8.78 Å². The van der Waals surface area contributed by atoms with Crippen LogP contribution in [-0.2, 0) is 5.92 Å². The average molecular weight is 265 g/mol.